The van der Waals surface area contributed by atoms with Gasteiger partial charge in [0, 0.05) is 19.6 Å². The monoisotopic (exact) mass is 221 g/mol. The van der Waals surface area contributed by atoms with E-state index in [1.807, 2.05) is 30.3 Å². The van der Waals surface area contributed by atoms with E-state index in [0.717, 1.165) is 5.56 Å². The lowest BCUT2D eigenvalue weighted by Crippen LogP contribution is -2.65. The van der Waals surface area contributed by atoms with Crippen LogP contribution in [0.5, 0.6) is 0 Å². The van der Waals surface area contributed by atoms with Crippen molar-refractivity contribution in [2.24, 2.45) is 5.73 Å². The summed E-state index contributed by atoms with van der Waals surface area (Å²) in [6, 6.07) is 9.30. The summed E-state index contributed by atoms with van der Waals surface area (Å²) in [6.07, 6.45) is -0.979. The zero-order valence-electron chi connectivity index (χ0n) is 8.89. The van der Waals surface area contributed by atoms with E-state index in [1.54, 1.807) is 0 Å². The number of rotatable bonds is 1. The van der Waals surface area contributed by atoms with E-state index in [4.69, 9.17) is 10.8 Å². The van der Waals surface area contributed by atoms with Crippen LogP contribution in [0.3, 0.4) is 0 Å². The van der Waals surface area contributed by atoms with Gasteiger partial charge in [0.15, 0.2) is 0 Å². The molecule has 1 aromatic rings. The molecule has 0 aromatic heterocycles. The Morgan fingerprint density at radius 3 is 2.75 bits per heavy atom. The van der Waals surface area contributed by atoms with E-state index in [-0.39, 0.29) is 0 Å². The van der Waals surface area contributed by atoms with Gasteiger partial charge < -0.3 is 16.2 Å². The zero-order valence-corrected chi connectivity index (χ0v) is 8.89. The molecule has 0 aliphatic carbocycles. The van der Waals surface area contributed by atoms with E-state index < -0.39 is 11.8 Å². The van der Waals surface area contributed by atoms with Gasteiger partial charge in [0.05, 0.1) is 0 Å². The molecule has 1 amide bonds. The van der Waals surface area contributed by atoms with Gasteiger partial charge in [-0.15, -0.1) is 0 Å². The van der Waals surface area contributed by atoms with Gasteiger partial charge in [0.2, 0.25) is 0 Å². The van der Waals surface area contributed by atoms with Gasteiger partial charge in [-0.3, -0.25) is 4.90 Å². The summed E-state index contributed by atoms with van der Waals surface area (Å²) >= 11 is 0. The number of hydrogen-bond donors (Lipinski definition) is 3. The molecule has 1 heterocycles. The lowest BCUT2D eigenvalue weighted by atomic mass is 9.97. The normalized spacial score (nSPS) is 25.4. The fourth-order valence-corrected chi connectivity index (χ4v) is 2.02. The van der Waals surface area contributed by atoms with Crippen molar-refractivity contribution in [3.05, 3.63) is 35.9 Å². The van der Waals surface area contributed by atoms with Crippen molar-refractivity contribution >= 4 is 6.09 Å². The summed E-state index contributed by atoms with van der Waals surface area (Å²) in [7, 11) is 0. The van der Waals surface area contributed by atoms with Crippen molar-refractivity contribution in [2.45, 2.75) is 5.66 Å². The van der Waals surface area contributed by atoms with E-state index in [1.165, 1.54) is 4.90 Å². The lowest BCUT2D eigenvalue weighted by molar-refractivity contribution is 0.0580. The van der Waals surface area contributed by atoms with Crippen LogP contribution in [0.2, 0.25) is 0 Å². The number of benzene rings is 1. The molecule has 1 atom stereocenters. The van der Waals surface area contributed by atoms with Gasteiger partial charge in [-0.05, 0) is 5.56 Å². The first-order chi connectivity index (χ1) is 7.64. The highest BCUT2D eigenvalue weighted by Gasteiger charge is 2.39. The SMILES string of the molecule is NC1(c2ccccc2)CNCCN1C(=O)O. The Morgan fingerprint density at radius 1 is 1.44 bits per heavy atom. The molecule has 5 nitrogen and oxygen atoms in total. The summed E-state index contributed by atoms with van der Waals surface area (Å²) in [5.74, 6) is 0. The molecular weight excluding hydrogens is 206 g/mol. The summed E-state index contributed by atoms with van der Waals surface area (Å²) in [6.45, 7) is 1.47. The maximum atomic E-state index is 11.2. The van der Waals surface area contributed by atoms with Crippen LogP contribution in [-0.2, 0) is 5.66 Å². The van der Waals surface area contributed by atoms with Crippen LogP contribution in [-0.4, -0.2) is 35.7 Å². The van der Waals surface area contributed by atoms with Crippen LogP contribution in [0, 0.1) is 0 Å². The highest BCUT2D eigenvalue weighted by Crippen LogP contribution is 2.24. The van der Waals surface area contributed by atoms with Crippen LogP contribution in [0.25, 0.3) is 0 Å². The quantitative estimate of drug-likeness (QED) is 0.640. The second-order valence-corrected chi connectivity index (χ2v) is 3.90. The minimum Gasteiger partial charge on any atom is -0.465 e. The molecule has 16 heavy (non-hydrogen) atoms. The molecule has 4 N–H and O–H groups in total. The number of nitrogens with zero attached hydrogens (tertiary/aromatic N) is 1. The molecule has 1 aliphatic heterocycles. The number of amides is 1. The van der Waals surface area contributed by atoms with E-state index >= 15 is 0 Å². The minimum atomic E-state index is -0.979. The van der Waals surface area contributed by atoms with Gasteiger partial charge in [0.1, 0.15) is 5.66 Å². The molecule has 1 saturated heterocycles. The topological polar surface area (TPSA) is 78.6 Å². The number of carboxylic acid groups (broad SMARTS) is 1. The Kier molecular flexibility index (Phi) is 2.80. The number of hydrogen-bond acceptors (Lipinski definition) is 3. The first kappa shape index (κ1) is 10.9. The summed E-state index contributed by atoms with van der Waals surface area (Å²) in [5, 5.41) is 12.3. The Morgan fingerprint density at radius 2 is 2.12 bits per heavy atom. The first-order valence-corrected chi connectivity index (χ1v) is 5.20. The molecule has 0 spiro atoms. The molecule has 86 valence electrons. The van der Waals surface area contributed by atoms with Crippen LogP contribution in [0.1, 0.15) is 5.56 Å². The minimum absolute atomic E-state index is 0.403. The molecular formula is C11H15N3O2. The molecule has 1 aromatic carbocycles. The number of nitrogens with two attached hydrogens (primary N) is 1. The highest BCUT2D eigenvalue weighted by molar-refractivity contribution is 5.67. The smallest absolute Gasteiger partial charge is 0.409 e. The number of carbonyl (C=O) groups is 1. The van der Waals surface area contributed by atoms with Crippen molar-refractivity contribution in [2.75, 3.05) is 19.6 Å². The molecule has 5 heteroatoms. The van der Waals surface area contributed by atoms with Gasteiger partial charge in [-0.2, -0.15) is 0 Å². The Bertz CT molecular complexity index is 382. The number of nitrogens with one attached hydrogen (secondary N) is 1. The Balaban J connectivity index is 2.37. The second-order valence-electron chi connectivity index (χ2n) is 3.90. The standard InChI is InChI=1S/C11H15N3O2/c12-11(9-4-2-1-3-5-9)8-13-6-7-14(11)10(15)16/h1-5,13H,6-8,12H2,(H,15,16). The molecule has 1 fully saturated rings. The largest absolute Gasteiger partial charge is 0.465 e. The van der Waals surface area contributed by atoms with E-state index in [9.17, 15) is 4.79 Å². The molecule has 0 radical (unpaired) electrons. The van der Waals surface area contributed by atoms with Crippen molar-refractivity contribution in [1.29, 1.82) is 0 Å². The zero-order chi connectivity index (χ0) is 11.6. The third kappa shape index (κ3) is 1.75. The fraction of sp³-hybridized carbons (Fsp3) is 0.364. The molecule has 1 aliphatic rings. The predicted octanol–water partition coefficient (Wildman–Crippen LogP) is 0.381. The van der Waals surface area contributed by atoms with E-state index in [2.05, 4.69) is 5.32 Å². The predicted molar refractivity (Wildman–Crippen MR) is 59.9 cm³/mol. The molecule has 2 rings (SSSR count). The first-order valence-electron chi connectivity index (χ1n) is 5.20. The van der Waals surface area contributed by atoms with Crippen LogP contribution in [0.15, 0.2) is 30.3 Å². The average Bonchev–Trinajstić information content (AvgIpc) is 2.30. The summed E-state index contributed by atoms with van der Waals surface area (Å²) in [5.41, 5.74) is 6.05. The third-order valence-electron chi connectivity index (χ3n) is 2.89. The van der Waals surface area contributed by atoms with Crippen LogP contribution < -0.4 is 11.1 Å². The Labute approximate surface area is 93.9 Å². The molecule has 1 unspecified atom stereocenters. The average molecular weight is 221 g/mol. The maximum Gasteiger partial charge on any atom is 0.409 e. The highest BCUT2D eigenvalue weighted by atomic mass is 16.4. The molecule has 0 saturated carbocycles. The van der Waals surface area contributed by atoms with Gasteiger partial charge >= 0.3 is 6.09 Å². The fourth-order valence-electron chi connectivity index (χ4n) is 2.02. The molecule has 0 bridgehead atoms. The summed E-state index contributed by atoms with van der Waals surface area (Å²) in [4.78, 5) is 12.5. The second kappa shape index (κ2) is 4.11. The van der Waals surface area contributed by atoms with Crippen LogP contribution in [0.4, 0.5) is 4.79 Å². The van der Waals surface area contributed by atoms with Crippen molar-refractivity contribution in [3.8, 4) is 0 Å². The van der Waals surface area contributed by atoms with Crippen molar-refractivity contribution in [3.63, 3.8) is 0 Å². The maximum absolute atomic E-state index is 11.2. The van der Waals surface area contributed by atoms with E-state index in [0.29, 0.717) is 19.6 Å². The third-order valence-corrected chi connectivity index (χ3v) is 2.89. The van der Waals surface area contributed by atoms with Gasteiger partial charge in [0.25, 0.3) is 0 Å². The summed E-state index contributed by atoms with van der Waals surface area (Å²) < 4.78 is 0. The lowest BCUT2D eigenvalue weighted by Gasteiger charge is -2.43. The van der Waals surface area contributed by atoms with Gasteiger partial charge in [-0.1, -0.05) is 30.3 Å². The van der Waals surface area contributed by atoms with Crippen molar-refractivity contribution < 1.29 is 9.90 Å². The number of piperazine rings is 1. The van der Waals surface area contributed by atoms with Gasteiger partial charge in [-0.25, -0.2) is 4.79 Å². The van der Waals surface area contributed by atoms with Crippen molar-refractivity contribution in [1.82, 2.24) is 10.2 Å². The Hall–Kier alpha value is -1.59. The van der Waals surface area contributed by atoms with Crippen LogP contribution >= 0.6 is 0 Å².